The summed E-state index contributed by atoms with van der Waals surface area (Å²) in [5, 5.41) is 14.2. The summed E-state index contributed by atoms with van der Waals surface area (Å²) in [4.78, 5) is 23.9. The molecule has 9 nitrogen and oxygen atoms in total. The number of nitrogens with one attached hydrogen (secondary N) is 2. The lowest BCUT2D eigenvalue weighted by atomic mass is 10.2. The maximum atomic E-state index is 12.6. The molecule has 3 aromatic rings. The molecule has 0 bridgehead atoms. The number of thioether (sulfide) groups is 1. The minimum atomic E-state index is -0.217. The molecule has 0 fully saturated rings. The van der Waals surface area contributed by atoms with Crippen LogP contribution in [0.25, 0.3) is 5.69 Å². The van der Waals surface area contributed by atoms with E-state index in [1.54, 1.807) is 35.2 Å². The third kappa shape index (κ3) is 6.24. The SMILES string of the molecule is CCOc1ccc(OCC)c(NC(=O)CSc2nncn2-c2cccc(NC(C)=O)c2)c1. The molecule has 0 atom stereocenters. The fourth-order valence-corrected chi connectivity index (χ4v) is 3.63. The quantitative estimate of drug-likeness (QED) is 0.448. The highest BCUT2D eigenvalue weighted by molar-refractivity contribution is 7.99. The predicted molar refractivity (Wildman–Crippen MR) is 124 cm³/mol. The lowest BCUT2D eigenvalue weighted by Crippen LogP contribution is -2.15. The van der Waals surface area contributed by atoms with Crippen molar-refractivity contribution in [3.8, 4) is 17.2 Å². The van der Waals surface area contributed by atoms with Crippen LogP contribution in [0.5, 0.6) is 11.5 Å². The van der Waals surface area contributed by atoms with Crippen LogP contribution in [0, 0.1) is 0 Å². The van der Waals surface area contributed by atoms with Crippen LogP contribution in [0.1, 0.15) is 20.8 Å². The van der Waals surface area contributed by atoms with E-state index < -0.39 is 0 Å². The fraction of sp³-hybridized carbons (Fsp3) is 0.273. The van der Waals surface area contributed by atoms with Crippen LogP contribution < -0.4 is 20.1 Å². The summed E-state index contributed by atoms with van der Waals surface area (Å²) in [5.41, 5.74) is 1.98. The molecule has 0 aliphatic carbocycles. The number of carbonyl (C=O) groups is 2. The number of hydrogen-bond acceptors (Lipinski definition) is 7. The van der Waals surface area contributed by atoms with E-state index in [9.17, 15) is 9.59 Å². The minimum Gasteiger partial charge on any atom is -0.494 e. The first kappa shape index (κ1) is 23.1. The lowest BCUT2D eigenvalue weighted by Gasteiger charge is -2.13. The minimum absolute atomic E-state index is 0.120. The zero-order chi connectivity index (χ0) is 22.9. The zero-order valence-corrected chi connectivity index (χ0v) is 18.9. The number of amides is 2. The van der Waals surface area contributed by atoms with Gasteiger partial charge in [0.1, 0.15) is 17.8 Å². The van der Waals surface area contributed by atoms with E-state index in [1.165, 1.54) is 18.7 Å². The van der Waals surface area contributed by atoms with Gasteiger partial charge >= 0.3 is 0 Å². The number of benzene rings is 2. The van der Waals surface area contributed by atoms with Crippen molar-refractivity contribution in [2.75, 3.05) is 29.6 Å². The summed E-state index contributed by atoms with van der Waals surface area (Å²) in [6.45, 7) is 6.23. The van der Waals surface area contributed by atoms with Crippen molar-refractivity contribution in [3.63, 3.8) is 0 Å². The Morgan fingerprint density at radius 1 is 1.06 bits per heavy atom. The molecule has 32 heavy (non-hydrogen) atoms. The van der Waals surface area contributed by atoms with Crippen LogP contribution in [0.4, 0.5) is 11.4 Å². The van der Waals surface area contributed by atoms with Crippen LogP contribution in [0.3, 0.4) is 0 Å². The molecule has 1 aromatic heterocycles. The molecule has 1 heterocycles. The van der Waals surface area contributed by atoms with Crippen molar-refractivity contribution in [3.05, 3.63) is 48.8 Å². The Morgan fingerprint density at radius 2 is 1.88 bits per heavy atom. The first-order chi connectivity index (χ1) is 15.5. The Balaban J connectivity index is 1.69. The third-order valence-electron chi connectivity index (χ3n) is 4.13. The van der Waals surface area contributed by atoms with Crippen LogP contribution in [-0.4, -0.2) is 45.5 Å². The maximum Gasteiger partial charge on any atom is 0.234 e. The second kappa shape index (κ2) is 11.2. The third-order valence-corrected chi connectivity index (χ3v) is 5.07. The van der Waals surface area contributed by atoms with E-state index in [1.807, 2.05) is 32.0 Å². The Kier molecular flexibility index (Phi) is 8.09. The van der Waals surface area contributed by atoms with Crippen LogP contribution in [0.15, 0.2) is 53.9 Å². The summed E-state index contributed by atoms with van der Waals surface area (Å²) in [5.74, 6) is 0.974. The summed E-state index contributed by atoms with van der Waals surface area (Å²) < 4.78 is 12.9. The first-order valence-corrected chi connectivity index (χ1v) is 11.1. The number of rotatable bonds is 10. The molecule has 0 unspecified atom stereocenters. The van der Waals surface area contributed by atoms with Crippen molar-refractivity contribution in [2.45, 2.75) is 25.9 Å². The number of anilines is 2. The number of ether oxygens (including phenoxy) is 2. The van der Waals surface area contributed by atoms with Crippen molar-refractivity contribution < 1.29 is 19.1 Å². The number of carbonyl (C=O) groups excluding carboxylic acids is 2. The van der Waals surface area contributed by atoms with Gasteiger partial charge in [-0.1, -0.05) is 17.8 Å². The molecule has 2 N–H and O–H groups in total. The van der Waals surface area contributed by atoms with E-state index in [-0.39, 0.29) is 17.6 Å². The van der Waals surface area contributed by atoms with Gasteiger partial charge in [0.2, 0.25) is 11.8 Å². The molecule has 10 heteroatoms. The van der Waals surface area contributed by atoms with Gasteiger partial charge < -0.3 is 20.1 Å². The second-order valence-corrected chi connectivity index (χ2v) is 7.52. The largest absolute Gasteiger partial charge is 0.494 e. The molecule has 0 spiro atoms. The van der Waals surface area contributed by atoms with Gasteiger partial charge in [0.25, 0.3) is 0 Å². The van der Waals surface area contributed by atoms with E-state index in [4.69, 9.17) is 9.47 Å². The summed E-state index contributed by atoms with van der Waals surface area (Å²) in [6, 6.07) is 12.6. The average Bonchev–Trinajstić information content (AvgIpc) is 3.23. The lowest BCUT2D eigenvalue weighted by molar-refractivity contribution is -0.114. The van der Waals surface area contributed by atoms with Gasteiger partial charge in [-0.15, -0.1) is 10.2 Å². The number of hydrogen-bond donors (Lipinski definition) is 2. The number of aromatic nitrogens is 3. The Hall–Kier alpha value is -3.53. The van der Waals surface area contributed by atoms with E-state index >= 15 is 0 Å². The highest BCUT2D eigenvalue weighted by Gasteiger charge is 2.13. The molecule has 0 saturated heterocycles. The van der Waals surface area contributed by atoms with E-state index in [2.05, 4.69) is 20.8 Å². The normalized spacial score (nSPS) is 10.5. The molecule has 2 aromatic carbocycles. The maximum absolute atomic E-state index is 12.6. The number of nitrogens with zero attached hydrogens (tertiary/aromatic N) is 3. The molecule has 3 rings (SSSR count). The topological polar surface area (TPSA) is 107 Å². The molecular formula is C22H25N5O4S. The first-order valence-electron chi connectivity index (χ1n) is 10.1. The van der Waals surface area contributed by atoms with E-state index in [0.717, 1.165) is 5.69 Å². The molecule has 0 aliphatic heterocycles. The van der Waals surface area contributed by atoms with Gasteiger partial charge in [0.15, 0.2) is 5.16 Å². The standard InChI is InChI=1S/C22H25N5O4S/c1-4-30-18-9-10-20(31-5-2)19(12-18)25-21(29)13-32-22-26-23-14-27(22)17-8-6-7-16(11-17)24-15(3)28/h6-12,14H,4-5,13H2,1-3H3,(H,24,28)(H,25,29). The summed E-state index contributed by atoms with van der Waals surface area (Å²) >= 11 is 1.25. The molecular weight excluding hydrogens is 430 g/mol. The fourth-order valence-electron chi connectivity index (χ4n) is 2.90. The van der Waals surface area contributed by atoms with E-state index in [0.29, 0.717) is 41.2 Å². The smallest absolute Gasteiger partial charge is 0.234 e. The Labute approximate surface area is 190 Å². The Bertz CT molecular complexity index is 1090. The van der Waals surface area contributed by atoms with Gasteiger partial charge in [-0.3, -0.25) is 14.2 Å². The second-order valence-electron chi connectivity index (χ2n) is 6.58. The highest BCUT2D eigenvalue weighted by Crippen LogP contribution is 2.30. The van der Waals surface area contributed by atoms with Crippen LogP contribution in [0.2, 0.25) is 0 Å². The molecule has 0 aliphatic rings. The molecule has 2 amide bonds. The van der Waals surface area contributed by atoms with Gasteiger partial charge in [-0.05, 0) is 44.2 Å². The predicted octanol–water partition coefficient (Wildman–Crippen LogP) is 3.75. The Morgan fingerprint density at radius 3 is 2.62 bits per heavy atom. The average molecular weight is 456 g/mol. The highest BCUT2D eigenvalue weighted by atomic mass is 32.2. The van der Waals surface area contributed by atoms with Gasteiger partial charge in [-0.25, -0.2) is 0 Å². The molecule has 0 saturated carbocycles. The van der Waals surface area contributed by atoms with Crippen molar-refractivity contribution in [1.29, 1.82) is 0 Å². The molecule has 0 radical (unpaired) electrons. The zero-order valence-electron chi connectivity index (χ0n) is 18.1. The summed E-state index contributed by atoms with van der Waals surface area (Å²) in [6.07, 6.45) is 1.56. The molecule has 168 valence electrons. The summed E-state index contributed by atoms with van der Waals surface area (Å²) in [7, 11) is 0. The van der Waals surface area contributed by atoms with Crippen molar-refractivity contribution in [1.82, 2.24) is 14.8 Å². The van der Waals surface area contributed by atoms with Gasteiger partial charge in [0, 0.05) is 18.7 Å². The van der Waals surface area contributed by atoms with Crippen molar-refractivity contribution >= 4 is 35.0 Å². The van der Waals surface area contributed by atoms with Crippen LogP contribution >= 0.6 is 11.8 Å². The van der Waals surface area contributed by atoms with Gasteiger partial charge in [0.05, 0.1) is 30.3 Å². The van der Waals surface area contributed by atoms with Crippen molar-refractivity contribution in [2.24, 2.45) is 0 Å². The van der Waals surface area contributed by atoms with Crippen LogP contribution in [-0.2, 0) is 9.59 Å². The monoisotopic (exact) mass is 455 g/mol. The van der Waals surface area contributed by atoms with Gasteiger partial charge in [-0.2, -0.15) is 0 Å².